The summed E-state index contributed by atoms with van der Waals surface area (Å²) in [5, 5.41) is 9.88. The van der Waals surface area contributed by atoms with Crippen molar-refractivity contribution in [1.82, 2.24) is 33.7 Å². The molecule has 2 aliphatic heterocycles. The number of carboxylic acid groups (broad SMARTS) is 1. The van der Waals surface area contributed by atoms with E-state index in [-0.39, 0.29) is 29.6 Å². The number of aromatic nitrogens is 3. The molecule has 2 N–H and O–H groups in total. The quantitative estimate of drug-likeness (QED) is 0.0872. The van der Waals surface area contributed by atoms with Crippen LogP contribution in [0.15, 0.2) is 184 Å². The van der Waals surface area contributed by atoms with E-state index in [0.717, 1.165) is 108 Å². The van der Waals surface area contributed by atoms with Crippen molar-refractivity contribution >= 4 is 28.2 Å². The molecule has 8 aromatic rings. The van der Waals surface area contributed by atoms with E-state index in [1.165, 1.54) is 22.3 Å². The lowest BCUT2D eigenvalue weighted by molar-refractivity contribution is 0.0847. The van der Waals surface area contributed by atoms with Gasteiger partial charge in [-0.3, -0.25) is 18.9 Å². The third-order valence-corrected chi connectivity index (χ3v) is 14.3. The lowest BCUT2D eigenvalue weighted by atomic mass is 9.93. The number of H-pyrrole nitrogens is 1. The highest BCUT2D eigenvalue weighted by molar-refractivity contribution is 5.75. The van der Waals surface area contributed by atoms with Gasteiger partial charge >= 0.3 is 17.5 Å². The Hall–Kier alpha value is -6.99. The molecule has 0 spiro atoms. The van der Waals surface area contributed by atoms with Crippen LogP contribution in [0.2, 0.25) is 0 Å². The van der Waals surface area contributed by atoms with Crippen LogP contribution in [-0.4, -0.2) is 90.2 Å². The third kappa shape index (κ3) is 13.1. The van der Waals surface area contributed by atoms with Gasteiger partial charge in [0.2, 0.25) is 0 Å². The van der Waals surface area contributed by atoms with Crippen molar-refractivity contribution in [1.29, 1.82) is 0 Å². The monoisotopic (exact) mass is 954 g/mol. The first kappa shape index (κ1) is 49.0. The maximum absolute atomic E-state index is 12.7. The Balaban J connectivity index is 0.000000176. The summed E-state index contributed by atoms with van der Waals surface area (Å²) in [6.07, 6.45) is 5.12. The minimum atomic E-state index is -0.890. The van der Waals surface area contributed by atoms with Gasteiger partial charge in [-0.1, -0.05) is 146 Å². The average Bonchev–Trinajstić information content (AvgIpc) is 3.92. The fraction of sp³-hybridized carbons (Fsp3) is 0.339. The number of carbonyl (C=O) groups is 1. The number of hydrogen-bond acceptors (Lipinski definition) is 7. The van der Waals surface area contributed by atoms with E-state index in [2.05, 4.69) is 129 Å². The van der Waals surface area contributed by atoms with Crippen LogP contribution >= 0.6 is 0 Å². The number of nitrogens with one attached hydrogen (secondary N) is 1. The number of hydrogen-bond donors (Lipinski definition) is 2. The van der Waals surface area contributed by atoms with Crippen LogP contribution in [0.4, 0.5) is 4.79 Å². The summed E-state index contributed by atoms with van der Waals surface area (Å²) >= 11 is 0. The molecule has 12 heteroatoms. The van der Waals surface area contributed by atoms with E-state index in [9.17, 15) is 19.5 Å². The summed E-state index contributed by atoms with van der Waals surface area (Å²) in [4.78, 5) is 49.4. The number of rotatable bonds is 18. The molecule has 71 heavy (non-hydrogen) atoms. The van der Waals surface area contributed by atoms with Crippen LogP contribution in [0.1, 0.15) is 79.3 Å². The zero-order valence-corrected chi connectivity index (χ0v) is 40.7. The third-order valence-electron chi connectivity index (χ3n) is 14.3. The average molecular weight is 954 g/mol. The molecule has 2 aromatic heterocycles. The zero-order valence-electron chi connectivity index (χ0n) is 40.7. The summed E-state index contributed by atoms with van der Waals surface area (Å²) < 4.78 is 9.16. The molecule has 2 saturated heterocycles. The van der Waals surface area contributed by atoms with E-state index in [0.29, 0.717) is 25.0 Å². The fourth-order valence-electron chi connectivity index (χ4n) is 10.8. The van der Waals surface area contributed by atoms with Crippen molar-refractivity contribution in [3.05, 3.63) is 213 Å². The molecule has 1 amide bonds. The van der Waals surface area contributed by atoms with Crippen molar-refractivity contribution in [3.8, 4) is 0 Å². The van der Waals surface area contributed by atoms with Gasteiger partial charge in [0.25, 0.3) is 0 Å². The summed E-state index contributed by atoms with van der Waals surface area (Å²) in [6, 6.07) is 57.9. The molecule has 6 aromatic carbocycles. The van der Waals surface area contributed by atoms with Gasteiger partial charge in [-0.2, -0.15) is 0 Å². The Kier molecular flexibility index (Phi) is 16.7. The Morgan fingerprint density at radius 1 is 0.563 bits per heavy atom. The van der Waals surface area contributed by atoms with Crippen molar-refractivity contribution in [3.63, 3.8) is 0 Å². The second-order valence-corrected chi connectivity index (χ2v) is 19.3. The first-order chi connectivity index (χ1) is 34.8. The highest BCUT2D eigenvalue weighted by Crippen LogP contribution is 2.32. The molecular weight excluding hydrogens is 887 g/mol. The topological polar surface area (TPSA) is 123 Å². The van der Waals surface area contributed by atoms with Crippen LogP contribution < -0.4 is 11.4 Å². The van der Waals surface area contributed by atoms with Gasteiger partial charge in [0.1, 0.15) is 0 Å². The molecule has 0 aliphatic carbocycles. The maximum atomic E-state index is 12.7. The number of amides is 1. The lowest BCUT2D eigenvalue weighted by Crippen LogP contribution is -2.47. The van der Waals surface area contributed by atoms with Crippen LogP contribution in [-0.2, 0) is 26.2 Å². The number of fused-ring (bicyclic) bond motifs is 2. The number of benzene rings is 6. The summed E-state index contributed by atoms with van der Waals surface area (Å²) in [5.74, 6) is -0.370. The fourth-order valence-corrected chi connectivity index (χ4v) is 10.8. The van der Waals surface area contributed by atoms with Gasteiger partial charge in [-0.15, -0.1) is 0 Å². The molecular formula is C59H67N7O5. The second-order valence-electron chi connectivity index (χ2n) is 19.3. The van der Waals surface area contributed by atoms with E-state index in [1.807, 2.05) is 59.2 Å². The molecule has 0 radical (unpaired) electrons. The first-order valence-corrected chi connectivity index (χ1v) is 25.5. The summed E-state index contributed by atoms with van der Waals surface area (Å²) in [5.41, 5.74) is 8.59. The molecule has 10 rings (SSSR count). The standard InChI is InChI=1S/C30H33N3O4.C29H34N4O/c34-29(35)32-19-17-26(33-27-15-7-8-16-28(27)37-30(33)36)20-25(32)14-9-18-31(21-23-10-3-1-4-11-23)22-24-12-5-2-6-13-24;34-29-30-27-14-7-8-15-28(27)33(29)26-16-20-31(21-17-26)18-9-19-32(22-24-10-3-1-4-11-24)23-25-12-5-2-6-13-25/h1-8,10-13,15-16,25-26H,9,14,17-22H2,(H,34,35);1-8,10-15,26H,9,16-23H2,(H,30,34)/t25?,26-;/m0./s1. The van der Waals surface area contributed by atoms with Gasteiger partial charge < -0.3 is 24.3 Å². The maximum Gasteiger partial charge on any atom is 0.420 e. The Morgan fingerprint density at radius 2 is 1.04 bits per heavy atom. The second kappa shape index (κ2) is 24.2. The molecule has 1 unspecified atom stereocenters. The van der Waals surface area contributed by atoms with Crippen LogP contribution in [0.5, 0.6) is 0 Å². The van der Waals surface area contributed by atoms with Gasteiger partial charge in [0, 0.05) is 70.5 Å². The van der Waals surface area contributed by atoms with Crippen molar-refractivity contribution in [2.24, 2.45) is 0 Å². The molecule has 2 atom stereocenters. The molecule has 4 heterocycles. The predicted molar refractivity (Wildman–Crippen MR) is 282 cm³/mol. The van der Waals surface area contributed by atoms with Crippen molar-refractivity contribution in [2.45, 2.75) is 89.3 Å². The van der Waals surface area contributed by atoms with E-state index < -0.39 is 6.09 Å². The van der Waals surface area contributed by atoms with E-state index >= 15 is 0 Å². The van der Waals surface area contributed by atoms with Gasteiger partial charge in [0.15, 0.2) is 5.58 Å². The van der Waals surface area contributed by atoms with E-state index in [1.54, 1.807) is 15.5 Å². The Labute approximate surface area is 416 Å². The van der Waals surface area contributed by atoms with Crippen LogP contribution in [0.3, 0.4) is 0 Å². The Morgan fingerprint density at radius 3 is 1.59 bits per heavy atom. The molecule has 0 bridgehead atoms. The highest BCUT2D eigenvalue weighted by atomic mass is 16.4. The Bertz CT molecular complexity index is 2920. The minimum absolute atomic E-state index is 0.0251. The molecule has 368 valence electrons. The predicted octanol–water partition coefficient (Wildman–Crippen LogP) is 10.8. The number of imidazole rings is 1. The number of para-hydroxylation sites is 4. The number of piperidine rings is 2. The largest absolute Gasteiger partial charge is 0.465 e. The molecule has 0 saturated carbocycles. The highest BCUT2D eigenvalue weighted by Gasteiger charge is 2.34. The molecule has 12 nitrogen and oxygen atoms in total. The summed E-state index contributed by atoms with van der Waals surface area (Å²) in [6.45, 7) is 9.16. The van der Waals surface area contributed by atoms with Gasteiger partial charge in [0.05, 0.1) is 16.6 Å². The van der Waals surface area contributed by atoms with Gasteiger partial charge in [-0.25, -0.2) is 14.4 Å². The number of nitrogens with zero attached hydrogens (tertiary/aromatic N) is 6. The number of oxazole rings is 1. The van der Waals surface area contributed by atoms with Crippen molar-refractivity contribution in [2.75, 3.05) is 39.3 Å². The number of aromatic amines is 1. The smallest absolute Gasteiger partial charge is 0.420 e. The molecule has 2 aliphatic rings. The first-order valence-electron chi connectivity index (χ1n) is 25.5. The van der Waals surface area contributed by atoms with E-state index in [4.69, 9.17) is 4.42 Å². The normalized spacial score (nSPS) is 16.7. The van der Waals surface area contributed by atoms with Gasteiger partial charge in [-0.05, 0) is 105 Å². The van der Waals surface area contributed by atoms with Crippen LogP contribution in [0, 0.1) is 0 Å². The molecule has 2 fully saturated rings. The SMILES string of the molecule is O=C(O)N1CC[C@H](n2c(=O)oc3ccccc32)CC1CCCN(Cc1ccccc1)Cc1ccccc1.O=c1[nH]c2ccccc2n1C1CCN(CCCN(Cc2ccccc2)Cc2ccccc2)CC1. The summed E-state index contributed by atoms with van der Waals surface area (Å²) in [7, 11) is 0. The number of likely N-dealkylation sites (tertiary alicyclic amines) is 2. The lowest BCUT2D eigenvalue weighted by Gasteiger charge is -2.38. The van der Waals surface area contributed by atoms with Crippen LogP contribution in [0.25, 0.3) is 22.1 Å². The minimum Gasteiger partial charge on any atom is -0.465 e. The zero-order chi connectivity index (χ0) is 48.8. The van der Waals surface area contributed by atoms with Crippen molar-refractivity contribution < 1.29 is 14.3 Å².